The van der Waals surface area contributed by atoms with Crippen molar-refractivity contribution in [1.82, 2.24) is 4.90 Å². The van der Waals surface area contributed by atoms with Crippen LogP contribution in [0.25, 0.3) is 0 Å². The van der Waals surface area contributed by atoms with Gasteiger partial charge in [-0.25, -0.2) is 4.39 Å². The average molecular weight is 370 g/mol. The Labute approximate surface area is 148 Å². The predicted octanol–water partition coefficient (Wildman–Crippen LogP) is 3.10. The molecule has 0 spiro atoms. The van der Waals surface area contributed by atoms with E-state index in [0.717, 1.165) is 0 Å². The third-order valence-corrected chi connectivity index (χ3v) is 4.58. The van der Waals surface area contributed by atoms with Gasteiger partial charge in [0.1, 0.15) is 10.8 Å². The van der Waals surface area contributed by atoms with Crippen LogP contribution >= 0.6 is 22.9 Å². The van der Waals surface area contributed by atoms with Crippen LogP contribution in [0, 0.1) is 5.82 Å². The molecule has 1 aromatic heterocycles. The van der Waals surface area contributed by atoms with Gasteiger partial charge in [-0.05, 0) is 30.6 Å². The van der Waals surface area contributed by atoms with Crippen LogP contribution in [0.15, 0.2) is 29.6 Å². The van der Waals surface area contributed by atoms with Gasteiger partial charge in [0, 0.05) is 30.1 Å². The first-order valence-electron chi connectivity index (χ1n) is 7.17. The van der Waals surface area contributed by atoms with Crippen LogP contribution in [0.4, 0.5) is 9.39 Å². The van der Waals surface area contributed by atoms with Crippen molar-refractivity contribution in [3.63, 3.8) is 0 Å². The lowest BCUT2D eigenvalue weighted by Crippen LogP contribution is -2.25. The van der Waals surface area contributed by atoms with Gasteiger partial charge >= 0.3 is 0 Å². The van der Waals surface area contributed by atoms with Crippen molar-refractivity contribution in [3.05, 3.63) is 51.6 Å². The Morgan fingerprint density at radius 3 is 2.79 bits per heavy atom. The first-order valence-corrected chi connectivity index (χ1v) is 8.43. The number of halogens is 2. The number of rotatable bonds is 7. The van der Waals surface area contributed by atoms with Gasteiger partial charge in [0.2, 0.25) is 5.91 Å². The minimum absolute atomic E-state index is 0.193. The minimum atomic E-state index is -0.585. The van der Waals surface area contributed by atoms with Gasteiger partial charge in [-0.15, -0.1) is 11.3 Å². The Balaban J connectivity index is 1.87. The van der Waals surface area contributed by atoms with Crippen molar-refractivity contribution < 1.29 is 14.0 Å². The van der Waals surface area contributed by atoms with Crippen LogP contribution in [0.2, 0.25) is 5.02 Å². The molecular formula is C16H17ClFN3O2S. The highest BCUT2D eigenvalue weighted by Crippen LogP contribution is 2.23. The number of nitrogens with two attached hydrogens (primary N) is 1. The summed E-state index contributed by atoms with van der Waals surface area (Å²) in [6.45, 7) is 0.706. The summed E-state index contributed by atoms with van der Waals surface area (Å²) in [7, 11) is 1.77. The van der Waals surface area contributed by atoms with Crippen molar-refractivity contribution in [2.24, 2.45) is 5.73 Å². The number of hydrogen-bond donors (Lipinski definition) is 2. The second kappa shape index (κ2) is 8.23. The first-order chi connectivity index (χ1) is 11.4. The number of nitrogens with zero attached hydrogens (tertiary/aromatic N) is 1. The normalized spacial score (nSPS) is 10.8. The molecule has 0 saturated carbocycles. The van der Waals surface area contributed by atoms with Crippen LogP contribution in [-0.2, 0) is 11.3 Å². The fourth-order valence-corrected chi connectivity index (χ4v) is 3.15. The Morgan fingerprint density at radius 1 is 1.38 bits per heavy atom. The highest BCUT2D eigenvalue weighted by molar-refractivity contribution is 7.14. The molecule has 0 aliphatic heterocycles. The average Bonchev–Trinajstić information content (AvgIpc) is 2.97. The number of primary amides is 1. The fraction of sp³-hybridized carbons (Fsp3) is 0.250. The second-order valence-corrected chi connectivity index (χ2v) is 6.59. The SMILES string of the molecule is CN(CCC(=O)Nc1sccc1C(N)=O)Cc1c(F)cccc1Cl. The standard InChI is InChI=1S/C16H17ClFN3O2S/c1-21(9-11-12(17)3-2-4-13(11)18)7-5-14(22)20-16-10(15(19)23)6-8-24-16/h2-4,6,8H,5,7,9H2,1H3,(H2,19,23)(H,20,22). The molecule has 8 heteroatoms. The highest BCUT2D eigenvalue weighted by atomic mass is 35.5. The zero-order valence-electron chi connectivity index (χ0n) is 13.0. The smallest absolute Gasteiger partial charge is 0.251 e. The Kier molecular flexibility index (Phi) is 6.30. The molecule has 2 rings (SSSR count). The number of anilines is 1. The molecule has 0 fully saturated rings. The van der Waals surface area contributed by atoms with E-state index in [1.807, 2.05) is 0 Å². The first kappa shape index (κ1) is 18.4. The molecule has 24 heavy (non-hydrogen) atoms. The molecule has 0 radical (unpaired) electrons. The van der Waals surface area contributed by atoms with E-state index in [-0.39, 0.29) is 18.1 Å². The molecule has 0 saturated heterocycles. The summed E-state index contributed by atoms with van der Waals surface area (Å²) in [4.78, 5) is 25.0. The maximum atomic E-state index is 13.7. The summed E-state index contributed by atoms with van der Waals surface area (Å²) >= 11 is 7.22. The number of nitrogens with one attached hydrogen (secondary N) is 1. The van der Waals surface area contributed by atoms with Crippen LogP contribution in [-0.4, -0.2) is 30.3 Å². The highest BCUT2D eigenvalue weighted by Gasteiger charge is 2.14. The number of hydrogen-bond acceptors (Lipinski definition) is 4. The lowest BCUT2D eigenvalue weighted by molar-refractivity contribution is -0.116. The van der Waals surface area contributed by atoms with Gasteiger partial charge < -0.3 is 16.0 Å². The number of carbonyl (C=O) groups excluding carboxylic acids is 2. The minimum Gasteiger partial charge on any atom is -0.366 e. The molecule has 0 unspecified atom stereocenters. The van der Waals surface area contributed by atoms with E-state index >= 15 is 0 Å². The summed E-state index contributed by atoms with van der Waals surface area (Å²) in [6.07, 6.45) is 0.193. The zero-order valence-corrected chi connectivity index (χ0v) is 14.6. The molecule has 1 aromatic carbocycles. The summed E-state index contributed by atoms with van der Waals surface area (Å²) < 4.78 is 13.7. The van der Waals surface area contributed by atoms with Crippen molar-refractivity contribution in [2.75, 3.05) is 18.9 Å². The molecule has 1 heterocycles. The Hall–Kier alpha value is -1.96. The monoisotopic (exact) mass is 369 g/mol. The van der Waals surface area contributed by atoms with E-state index in [2.05, 4.69) is 5.32 Å². The quantitative estimate of drug-likeness (QED) is 0.787. The summed E-state index contributed by atoms with van der Waals surface area (Å²) in [5, 5.41) is 5.14. The molecule has 0 aliphatic carbocycles. The third-order valence-electron chi connectivity index (χ3n) is 3.39. The van der Waals surface area contributed by atoms with E-state index in [1.165, 1.54) is 17.4 Å². The molecular weight excluding hydrogens is 353 g/mol. The molecule has 5 nitrogen and oxygen atoms in total. The molecule has 0 aliphatic rings. The predicted molar refractivity (Wildman–Crippen MR) is 93.8 cm³/mol. The maximum absolute atomic E-state index is 13.7. The van der Waals surface area contributed by atoms with E-state index in [4.69, 9.17) is 17.3 Å². The zero-order chi connectivity index (χ0) is 17.7. The lowest BCUT2D eigenvalue weighted by Gasteiger charge is -2.17. The van der Waals surface area contributed by atoms with E-state index in [1.54, 1.807) is 35.5 Å². The van der Waals surface area contributed by atoms with Crippen molar-refractivity contribution in [3.8, 4) is 0 Å². The largest absolute Gasteiger partial charge is 0.366 e. The van der Waals surface area contributed by atoms with Gasteiger partial charge in [0.15, 0.2) is 0 Å². The Morgan fingerprint density at radius 2 is 2.12 bits per heavy atom. The van der Waals surface area contributed by atoms with Crippen molar-refractivity contribution in [2.45, 2.75) is 13.0 Å². The third kappa shape index (κ3) is 4.77. The topological polar surface area (TPSA) is 75.4 Å². The van der Waals surface area contributed by atoms with Gasteiger partial charge in [-0.2, -0.15) is 0 Å². The summed E-state index contributed by atoms with van der Waals surface area (Å²) in [5.74, 6) is -1.20. The van der Waals surface area contributed by atoms with Gasteiger partial charge in [-0.3, -0.25) is 9.59 Å². The molecule has 128 valence electrons. The molecule has 2 aromatic rings. The van der Waals surface area contributed by atoms with Crippen LogP contribution < -0.4 is 11.1 Å². The number of benzene rings is 1. The van der Waals surface area contributed by atoms with Gasteiger partial charge in [-0.1, -0.05) is 17.7 Å². The lowest BCUT2D eigenvalue weighted by atomic mass is 10.2. The molecule has 0 bridgehead atoms. The fourth-order valence-electron chi connectivity index (χ4n) is 2.11. The van der Waals surface area contributed by atoms with Crippen LogP contribution in [0.3, 0.4) is 0 Å². The van der Waals surface area contributed by atoms with Crippen LogP contribution in [0.5, 0.6) is 0 Å². The van der Waals surface area contributed by atoms with E-state index < -0.39 is 5.91 Å². The van der Waals surface area contributed by atoms with E-state index in [9.17, 15) is 14.0 Å². The molecule has 2 amide bonds. The Bertz CT molecular complexity index is 730. The maximum Gasteiger partial charge on any atom is 0.251 e. The molecule has 0 atom stereocenters. The number of thiophene rings is 1. The number of carbonyl (C=O) groups is 2. The van der Waals surface area contributed by atoms with Gasteiger partial charge in [0.05, 0.1) is 5.56 Å². The van der Waals surface area contributed by atoms with E-state index in [0.29, 0.717) is 34.2 Å². The summed E-state index contributed by atoms with van der Waals surface area (Å²) in [5.41, 5.74) is 5.92. The number of amides is 2. The second-order valence-electron chi connectivity index (χ2n) is 5.26. The van der Waals surface area contributed by atoms with Crippen molar-refractivity contribution in [1.29, 1.82) is 0 Å². The van der Waals surface area contributed by atoms with Gasteiger partial charge in [0.25, 0.3) is 5.91 Å². The summed E-state index contributed by atoms with van der Waals surface area (Å²) in [6, 6.07) is 6.09. The van der Waals surface area contributed by atoms with Crippen LogP contribution in [0.1, 0.15) is 22.3 Å². The van der Waals surface area contributed by atoms with Crippen molar-refractivity contribution >= 4 is 39.8 Å². The molecule has 3 N–H and O–H groups in total.